The van der Waals surface area contributed by atoms with Crippen LogP contribution in [0.15, 0.2) is 18.2 Å². The number of carboxylic acid groups (broad SMARTS) is 1. The van der Waals surface area contributed by atoms with Gasteiger partial charge in [0.1, 0.15) is 5.75 Å². The Labute approximate surface area is 91.6 Å². The van der Waals surface area contributed by atoms with Gasteiger partial charge in [0.25, 0.3) is 5.69 Å². The molecule has 0 atom stereocenters. The zero-order valence-electron chi connectivity index (χ0n) is 8.67. The molecule has 1 aromatic rings. The molecule has 0 aliphatic carbocycles. The average molecular weight is 225 g/mol. The number of carbonyl (C=O) groups is 1. The number of ether oxygens (including phenoxy) is 1. The van der Waals surface area contributed by atoms with Crippen LogP contribution >= 0.6 is 0 Å². The minimum atomic E-state index is -1.09. The Hall–Kier alpha value is -2.11. The van der Waals surface area contributed by atoms with Crippen LogP contribution < -0.4 is 4.74 Å². The van der Waals surface area contributed by atoms with Crippen molar-refractivity contribution in [3.05, 3.63) is 33.9 Å². The molecule has 0 radical (unpaired) electrons. The second-order valence-corrected chi connectivity index (χ2v) is 3.08. The monoisotopic (exact) mass is 225 g/mol. The van der Waals surface area contributed by atoms with Gasteiger partial charge in [0, 0.05) is 11.6 Å². The smallest absolute Gasteiger partial charge is 0.341 e. The van der Waals surface area contributed by atoms with Crippen LogP contribution in [0.4, 0.5) is 5.69 Å². The lowest BCUT2D eigenvalue weighted by Gasteiger charge is -2.05. The minimum Gasteiger partial charge on any atom is -0.482 e. The summed E-state index contributed by atoms with van der Waals surface area (Å²) in [4.78, 5) is 20.4. The van der Waals surface area contributed by atoms with Gasteiger partial charge in [0.2, 0.25) is 0 Å². The van der Waals surface area contributed by atoms with Crippen molar-refractivity contribution in [3.8, 4) is 5.75 Å². The number of aliphatic carboxylic acids is 1. The van der Waals surface area contributed by atoms with Crippen molar-refractivity contribution in [3.63, 3.8) is 0 Å². The van der Waals surface area contributed by atoms with Crippen LogP contribution in [0.1, 0.15) is 12.5 Å². The summed E-state index contributed by atoms with van der Waals surface area (Å²) >= 11 is 0. The summed E-state index contributed by atoms with van der Waals surface area (Å²) in [5, 5.41) is 19.0. The highest BCUT2D eigenvalue weighted by Crippen LogP contribution is 2.24. The molecule has 0 aromatic heterocycles. The Balaban J connectivity index is 2.90. The molecule has 1 aromatic carbocycles. The first kappa shape index (κ1) is 12.0. The molecular formula is C10H11NO5. The van der Waals surface area contributed by atoms with E-state index in [9.17, 15) is 14.9 Å². The van der Waals surface area contributed by atoms with Gasteiger partial charge in [-0.1, -0.05) is 6.92 Å². The van der Waals surface area contributed by atoms with Crippen molar-refractivity contribution in [1.29, 1.82) is 0 Å². The average Bonchev–Trinajstić information content (AvgIpc) is 2.25. The van der Waals surface area contributed by atoms with Gasteiger partial charge in [-0.15, -0.1) is 0 Å². The van der Waals surface area contributed by atoms with Crippen LogP contribution in [0.5, 0.6) is 5.75 Å². The normalized spacial score (nSPS) is 9.81. The molecule has 6 heteroatoms. The Morgan fingerprint density at radius 1 is 1.56 bits per heavy atom. The van der Waals surface area contributed by atoms with Crippen molar-refractivity contribution in [1.82, 2.24) is 0 Å². The molecule has 1 rings (SSSR count). The van der Waals surface area contributed by atoms with E-state index >= 15 is 0 Å². The quantitative estimate of drug-likeness (QED) is 0.607. The molecule has 0 heterocycles. The predicted molar refractivity (Wildman–Crippen MR) is 55.6 cm³/mol. The van der Waals surface area contributed by atoms with Crippen LogP contribution in [0.25, 0.3) is 0 Å². The standard InChI is InChI=1S/C10H11NO5/c1-2-7-5-8(16-6-10(12)13)3-4-9(7)11(14)15/h3-5H,2,6H2,1H3,(H,12,13). The highest BCUT2D eigenvalue weighted by molar-refractivity contribution is 5.68. The van der Waals surface area contributed by atoms with Gasteiger partial charge in [-0.25, -0.2) is 4.79 Å². The number of nitro benzene ring substituents is 1. The molecular weight excluding hydrogens is 214 g/mol. The maximum atomic E-state index is 10.6. The summed E-state index contributed by atoms with van der Waals surface area (Å²) in [7, 11) is 0. The SMILES string of the molecule is CCc1cc(OCC(=O)O)ccc1[N+](=O)[O-]. The molecule has 0 amide bonds. The third-order valence-electron chi connectivity index (χ3n) is 1.99. The molecule has 0 aliphatic heterocycles. The number of aryl methyl sites for hydroxylation is 1. The van der Waals surface area contributed by atoms with Crippen LogP contribution in [-0.4, -0.2) is 22.6 Å². The molecule has 6 nitrogen and oxygen atoms in total. The minimum absolute atomic E-state index is 0.0187. The van der Waals surface area contributed by atoms with E-state index in [1.807, 2.05) is 0 Å². The lowest BCUT2D eigenvalue weighted by Crippen LogP contribution is -2.09. The van der Waals surface area contributed by atoms with Gasteiger partial charge < -0.3 is 9.84 Å². The Morgan fingerprint density at radius 3 is 2.75 bits per heavy atom. The second kappa shape index (κ2) is 5.11. The molecule has 16 heavy (non-hydrogen) atoms. The zero-order chi connectivity index (χ0) is 12.1. The molecule has 1 N–H and O–H groups in total. The number of benzene rings is 1. The molecule has 0 spiro atoms. The van der Waals surface area contributed by atoms with Gasteiger partial charge in [-0.2, -0.15) is 0 Å². The van der Waals surface area contributed by atoms with Gasteiger partial charge in [0.05, 0.1) is 4.92 Å². The molecule has 0 saturated heterocycles. The van der Waals surface area contributed by atoms with E-state index < -0.39 is 17.5 Å². The molecule has 0 bridgehead atoms. The summed E-state index contributed by atoms with van der Waals surface area (Å²) < 4.78 is 4.92. The van der Waals surface area contributed by atoms with E-state index in [1.54, 1.807) is 6.92 Å². The first-order chi connectivity index (χ1) is 7.54. The summed E-state index contributed by atoms with van der Waals surface area (Å²) in [5.74, 6) is -0.763. The van der Waals surface area contributed by atoms with Crippen LogP contribution in [-0.2, 0) is 11.2 Å². The number of nitro groups is 1. The summed E-state index contributed by atoms with van der Waals surface area (Å²) in [6, 6.07) is 4.19. The third kappa shape index (κ3) is 2.94. The summed E-state index contributed by atoms with van der Waals surface area (Å²) in [5.41, 5.74) is 0.540. The Morgan fingerprint density at radius 2 is 2.25 bits per heavy atom. The van der Waals surface area contributed by atoms with Gasteiger partial charge in [0.15, 0.2) is 6.61 Å². The van der Waals surface area contributed by atoms with E-state index in [0.29, 0.717) is 17.7 Å². The van der Waals surface area contributed by atoms with Crippen molar-refractivity contribution >= 4 is 11.7 Å². The maximum absolute atomic E-state index is 10.6. The number of hydrogen-bond acceptors (Lipinski definition) is 4. The second-order valence-electron chi connectivity index (χ2n) is 3.08. The van der Waals surface area contributed by atoms with E-state index in [4.69, 9.17) is 9.84 Å². The van der Waals surface area contributed by atoms with E-state index in [-0.39, 0.29) is 5.69 Å². The van der Waals surface area contributed by atoms with Crippen LogP contribution in [0.3, 0.4) is 0 Å². The van der Waals surface area contributed by atoms with E-state index in [0.717, 1.165) is 0 Å². The number of carboxylic acids is 1. The largest absolute Gasteiger partial charge is 0.482 e. The highest BCUT2D eigenvalue weighted by atomic mass is 16.6. The molecule has 0 fully saturated rings. The predicted octanol–water partition coefficient (Wildman–Crippen LogP) is 1.62. The topological polar surface area (TPSA) is 89.7 Å². The van der Waals surface area contributed by atoms with Crippen LogP contribution in [0.2, 0.25) is 0 Å². The maximum Gasteiger partial charge on any atom is 0.341 e. The first-order valence-corrected chi connectivity index (χ1v) is 4.66. The number of nitrogens with zero attached hydrogens (tertiary/aromatic N) is 1. The highest BCUT2D eigenvalue weighted by Gasteiger charge is 2.13. The van der Waals surface area contributed by atoms with Crippen LogP contribution in [0, 0.1) is 10.1 Å². The lowest BCUT2D eigenvalue weighted by atomic mass is 10.1. The fourth-order valence-electron chi connectivity index (χ4n) is 1.26. The Kier molecular flexibility index (Phi) is 3.82. The fourth-order valence-corrected chi connectivity index (χ4v) is 1.26. The van der Waals surface area contributed by atoms with Crippen molar-refractivity contribution in [2.45, 2.75) is 13.3 Å². The first-order valence-electron chi connectivity index (χ1n) is 4.66. The van der Waals surface area contributed by atoms with Gasteiger partial charge in [-0.05, 0) is 18.6 Å². The van der Waals surface area contributed by atoms with E-state index in [2.05, 4.69) is 0 Å². The summed E-state index contributed by atoms with van der Waals surface area (Å²) in [6.07, 6.45) is 0.487. The van der Waals surface area contributed by atoms with Crippen molar-refractivity contribution in [2.24, 2.45) is 0 Å². The van der Waals surface area contributed by atoms with Crippen molar-refractivity contribution < 1.29 is 19.6 Å². The van der Waals surface area contributed by atoms with E-state index in [1.165, 1.54) is 18.2 Å². The molecule has 86 valence electrons. The number of hydrogen-bond donors (Lipinski definition) is 1. The van der Waals surface area contributed by atoms with Gasteiger partial charge >= 0.3 is 5.97 Å². The Bertz CT molecular complexity index is 416. The molecule has 0 unspecified atom stereocenters. The molecule has 0 saturated carbocycles. The molecule has 0 aliphatic rings. The number of rotatable bonds is 5. The van der Waals surface area contributed by atoms with Crippen molar-refractivity contribution in [2.75, 3.05) is 6.61 Å². The third-order valence-corrected chi connectivity index (χ3v) is 1.99. The lowest BCUT2D eigenvalue weighted by molar-refractivity contribution is -0.385. The summed E-state index contributed by atoms with van der Waals surface area (Å²) in [6.45, 7) is 1.32. The van der Waals surface area contributed by atoms with Gasteiger partial charge in [-0.3, -0.25) is 10.1 Å². The fraction of sp³-hybridized carbons (Fsp3) is 0.300. The zero-order valence-corrected chi connectivity index (χ0v) is 8.67.